The molecule has 0 bridgehead atoms. The molecule has 4 rings (SSSR count). The van der Waals surface area contributed by atoms with E-state index in [1.807, 2.05) is 44.2 Å². The second kappa shape index (κ2) is 7.67. The number of aliphatic hydroxyl groups excluding tert-OH is 1. The molecule has 2 amide bonds. The van der Waals surface area contributed by atoms with Crippen molar-refractivity contribution < 1.29 is 14.3 Å². The van der Waals surface area contributed by atoms with Crippen LogP contribution >= 0.6 is 0 Å². The summed E-state index contributed by atoms with van der Waals surface area (Å²) in [7, 11) is 0. The van der Waals surface area contributed by atoms with Crippen LogP contribution in [-0.4, -0.2) is 39.0 Å². The van der Waals surface area contributed by atoms with Crippen molar-refractivity contribution in [3.8, 4) is 5.69 Å². The molecular weight excluding hydrogens is 371 g/mol. The van der Waals surface area contributed by atoms with Crippen molar-refractivity contribution in [3.63, 3.8) is 0 Å². The number of urea groups is 1. The third-order valence-corrected chi connectivity index (χ3v) is 5.28. The Balaban J connectivity index is 1.54. The van der Waals surface area contributed by atoms with Gasteiger partial charge in [0, 0.05) is 17.9 Å². The third-order valence-electron chi connectivity index (χ3n) is 5.28. The molecule has 2 heterocycles. The van der Waals surface area contributed by atoms with Crippen molar-refractivity contribution in [1.82, 2.24) is 14.7 Å². The highest BCUT2D eigenvalue weighted by Gasteiger charge is 2.30. The molecule has 0 saturated carbocycles. The zero-order valence-corrected chi connectivity index (χ0v) is 16.4. The van der Waals surface area contributed by atoms with Gasteiger partial charge in [0.1, 0.15) is 5.69 Å². The number of carbonyl (C=O) groups is 1. The van der Waals surface area contributed by atoms with Gasteiger partial charge in [-0.15, -0.1) is 0 Å². The van der Waals surface area contributed by atoms with Crippen molar-refractivity contribution in [3.05, 3.63) is 76.9 Å². The van der Waals surface area contributed by atoms with E-state index in [1.165, 1.54) is 6.07 Å². The molecule has 1 aliphatic rings. The van der Waals surface area contributed by atoms with E-state index in [4.69, 9.17) is 0 Å². The van der Waals surface area contributed by atoms with E-state index in [1.54, 1.807) is 21.7 Å². The minimum absolute atomic E-state index is 0.171. The molecular formula is C22H23FN4O2. The molecule has 150 valence electrons. The Bertz CT molecular complexity index is 1060. The molecule has 0 radical (unpaired) electrons. The number of hydrogen-bond acceptors (Lipinski definition) is 3. The zero-order chi connectivity index (χ0) is 20.5. The van der Waals surface area contributed by atoms with Crippen molar-refractivity contribution in [2.45, 2.75) is 26.3 Å². The Hall–Kier alpha value is -3.19. The monoisotopic (exact) mass is 394 g/mol. The number of halogens is 1. The number of fused-ring (bicyclic) bond motifs is 1. The van der Waals surface area contributed by atoms with E-state index in [-0.39, 0.29) is 12.6 Å². The second-order valence-electron chi connectivity index (χ2n) is 7.28. The van der Waals surface area contributed by atoms with Gasteiger partial charge in [-0.2, -0.15) is 5.10 Å². The number of aryl methyl sites for hydroxylation is 2. The lowest BCUT2D eigenvalue weighted by Gasteiger charge is -2.36. The Morgan fingerprint density at radius 3 is 2.72 bits per heavy atom. The quantitative estimate of drug-likeness (QED) is 0.711. The summed E-state index contributed by atoms with van der Waals surface area (Å²) in [5.74, 6) is -0.475. The molecule has 1 unspecified atom stereocenters. The number of nitrogens with one attached hydrogen (secondary N) is 1. The number of aliphatic hydroxyl groups is 1. The fourth-order valence-corrected chi connectivity index (χ4v) is 3.92. The predicted molar refractivity (Wildman–Crippen MR) is 109 cm³/mol. The van der Waals surface area contributed by atoms with Crippen LogP contribution in [0.5, 0.6) is 0 Å². The highest BCUT2D eigenvalue weighted by Crippen LogP contribution is 2.30. The summed E-state index contributed by atoms with van der Waals surface area (Å²) in [4.78, 5) is 14.4. The second-order valence-corrected chi connectivity index (χ2v) is 7.28. The Labute approximate surface area is 168 Å². The lowest BCUT2D eigenvalue weighted by Crippen LogP contribution is -2.43. The summed E-state index contributed by atoms with van der Waals surface area (Å²) >= 11 is 0. The first-order valence-corrected chi connectivity index (χ1v) is 9.57. The first kappa shape index (κ1) is 19.1. The van der Waals surface area contributed by atoms with Crippen LogP contribution in [0.2, 0.25) is 0 Å². The van der Waals surface area contributed by atoms with Crippen molar-refractivity contribution in [2.24, 2.45) is 0 Å². The van der Waals surface area contributed by atoms with Crippen LogP contribution in [0.15, 0.2) is 48.5 Å². The minimum Gasteiger partial charge on any atom is -0.394 e. The predicted octanol–water partition coefficient (Wildman–Crippen LogP) is 3.75. The average molecular weight is 394 g/mol. The van der Waals surface area contributed by atoms with Crippen LogP contribution in [0.25, 0.3) is 5.69 Å². The summed E-state index contributed by atoms with van der Waals surface area (Å²) in [5, 5.41) is 16.9. The summed E-state index contributed by atoms with van der Waals surface area (Å²) in [6.45, 7) is 4.03. The Kier molecular flexibility index (Phi) is 5.07. The van der Waals surface area contributed by atoms with Gasteiger partial charge in [-0.3, -0.25) is 0 Å². The van der Waals surface area contributed by atoms with E-state index in [9.17, 15) is 14.3 Å². The number of carbonyl (C=O) groups excluding carboxylic acids is 1. The first-order chi connectivity index (χ1) is 14.0. The number of amides is 2. The highest BCUT2D eigenvalue weighted by atomic mass is 19.1. The van der Waals surface area contributed by atoms with E-state index in [0.717, 1.165) is 22.5 Å². The lowest BCUT2D eigenvalue weighted by atomic mass is 9.93. The van der Waals surface area contributed by atoms with Gasteiger partial charge in [0.2, 0.25) is 0 Å². The van der Waals surface area contributed by atoms with Gasteiger partial charge >= 0.3 is 6.03 Å². The Morgan fingerprint density at radius 2 is 2.03 bits per heavy atom. The van der Waals surface area contributed by atoms with Crippen LogP contribution in [0.4, 0.5) is 14.9 Å². The molecule has 0 saturated heterocycles. The van der Waals surface area contributed by atoms with Gasteiger partial charge < -0.3 is 15.3 Å². The van der Waals surface area contributed by atoms with Crippen LogP contribution in [0, 0.1) is 19.7 Å². The van der Waals surface area contributed by atoms with Crippen molar-refractivity contribution in [2.75, 3.05) is 18.5 Å². The molecule has 1 atom stereocenters. The Morgan fingerprint density at radius 1 is 1.24 bits per heavy atom. The normalized spacial score (nSPS) is 15.9. The number of hydrogen-bond donors (Lipinski definition) is 2. The zero-order valence-electron chi connectivity index (χ0n) is 16.4. The molecule has 0 aliphatic carbocycles. The number of benzene rings is 2. The lowest BCUT2D eigenvalue weighted by molar-refractivity contribution is 0.135. The van der Waals surface area contributed by atoms with Gasteiger partial charge in [-0.25, -0.2) is 13.9 Å². The van der Waals surface area contributed by atoms with Crippen LogP contribution in [-0.2, 0) is 6.42 Å². The molecule has 3 aromatic rings. The van der Waals surface area contributed by atoms with Gasteiger partial charge in [-0.1, -0.05) is 24.3 Å². The van der Waals surface area contributed by atoms with E-state index in [0.29, 0.717) is 24.3 Å². The number of rotatable bonds is 3. The molecule has 2 aromatic carbocycles. The maximum atomic E-state index is 14.7. The fraction of sp³-hybridized carbons (Fsp3) is 0.273. The molecule has 1 aliphatic heterocycles. The number of nitrogens with zero attached hydrogens (tertiary/aromatic N) is 3. The van der Waals surface area contributed by atoms with Crippen LogP contribution < -0.4 is 5.32 Å². The summed E-state index contributed by atoms with van der Waals surface area (Å²) in [6, 6.07) is 13.4. The summed E-state index contributed by atoms with van der Waals surface area (Å²) in [5.41, 5.74) is 4.40. The maximum Gasteiger partial charge on any atom is 0.322 e. The largest absolute Gasteiger partial charge is 0.394 e. The number of aromatic nitrogens is 2. The van der Waals surface area contributed by atoms with Crippen LogP contribution in [0.3, 0.4) is 0 Å². The molecule has 0 spiro atoms. The summed E-state index contributed by atoms with van der Waals surface area (Å²) < 4.78 is 16.2. The molecule has 2 N–H and O–H groups in total. The smallest absolute Gasteiger partial charge is 0.322 e. The SMILES string of the molecule is Cc1cc(C)n(-c2ccc(NC(=O)N3CCc4ccccc4C3CO)cc2F)n1. The minimum atomic E-state index is -0.475. The van der Waals surface area contributed by atoms with Gasteiger partial charge in [-0.05, 0) is 55.7 Å². The molecule has 1 aromatic heterocycles. The fourth-order valence-electron chi connectivity index (χ4n) is 3.92. The topological polar surface area (TPSA) is 70.4 Å². The highest BCUT2D eigenvalue weighted by molar-refractivity contribution is 5.90. The first-order valence-electron chi connectivity index (χ1n) is 9.57. The van der Waals surface area contributed by atoms with Crippen LogP contribution in [0.1, 0.15) is 28.6 Å². The van der Waals surface area contributed by atoms with E-state index in [2.05, 4.69) is 10.4 Å². The molecule has 6 nitrogen and oxygen atoms in total. The van der Waals surface area contributed by atoms with Gasteiger partial charge in [0.15, 0.2) is 5.82 Å². The standard InChI is InChI=1S/C22H23FN4O2/c1-14-11-15(2)27(25-14)20-8-7-17(12-19(20)23)24-22(29)26-10-9-16-5-3-4-6-18(16)21(26)13-28/h3-8,11-12,21,28H,9-10,13H2,1-2H3,(H,24,29). The maximum absolute atomic E-state index is 14.7. The van der Waals surface area contributed by atoms with Crippen molar-refractivity contribution >= 4 is 11.7 Å². The third kappa shape index (κ3) is 3.61. The summed E-state index contributed by atoms with van der Waals surface area (Å²) in [6.07, 6.45) is 0.714. The molecule has 29 heavy (non-hydrogen) atoms. The molecule has 0 fully saturated rings. The van der Waals surface area contributed by atoms with Gasteiger partial charge in [0.25, 0.3) is 0 Å². The van der Waals surface area contributed by atoms with Gasteiger partial charge in [0.05, 0.1) is 18.3 Å². The number of anilines is 1. The molecule has 7 heteroatoms. The van der Waals surface area contributed by atoms with E-state index < -0.39 is 11.9 Å². The van der Waals surface area contributed by atoms with Crippen molar-refractivity contribution in [1.29, 1.82) is 0 Å². The average Bonchev–Trinajstić information content (AvgIpc) is 3.04. The van der Waals surface area contributed by atoms with E-state index >= 15 is 0 Å².